The van der Waals surface area contributed by atoms with E-state index in [-0.39, 0.29) is 21.8 Å². The molecule has 160 valence electrons. The number of amides is 2. The van der Waals surface area contributed by atoms with Gasteiger partial charge in [-0.2, -0.15) is 0 Å². The van der Waals surface area contributed by atoms with E-state index in [4.69, 9.17) is 5.73 Å². The number of carbonyl (C=O) groups excluding carboxylic acids is 2. The fourth-order valence-corrected chi connectivity index (χ4v) is 3.23. The van der Waals surface area contributed by atoms with Crippen molar-refractivity contribution in [1.29, 1.82) is 0 Å². The molecule has 0 aliphatic carbocycles. The summed E-state index contributed by atoms with van der Waals surface area (Å²) < 4.78 is 36.4. The summed E-state index contributed by atoms with van der Waals surface area (Å²) in [6, 6.07) is 7.94. The number of aliphatic hydroxyl groups excluding tert-OH is 1. The zero-order valence-corrected chi connectivity index (χ0v) is 16.8. The van der Waals surface area contributed by atoms with Crippen molar-refractivity contribution in [2.75, 3.05) is 12.9 Å². The summed E-state index contributed by atoms with van der Waals surface area (Å²) in [6.07, 6.45) is 2.02. The maximum absolute atomic E-state index is 13.4. The highest BCUT2D eigenvalue weighted by molar-refractivity contribution is 7.90. The number of carbonyl (C=O) groups is 2. The number of nitrogens with two attached hydrogens (primary N) is 1. The Bertz CT molecular complexity index is 1070. The average Bonchev–Trinajstić information content (AvgIpc) is 2.70. The van der Waals surface area contributed by atoms with Crippen LogP contribution < -0.4 is 11.1 Å². The van der Waals surface area contributed by atoms with Gasteiger partial charge in [-0.3, -0.25) is 9.59 Å². The summed E-state index contributed by atoms with van der Waals surface area (Å²) in [5, 5.41) is 22.2. The summed E-state index contributed by atoms with van der Waals surface area (Å²) >= 11 is 0. The highest BCUT2D eigenvalue weighted by Crippen LogP contribution is 2.21. The number of hydrogen-bond donors (Lipinski definition) is 4. The van der Waals surface area contributed by atoms with E-state index in [1.807, 2.05) is 0 Å². The maximum Gasteiger partial charge on any atom is 0.252 e. The van der Waals surface area contributed by atoms with Gasteiger partial charge in [-0.25, -0.2) is 12.8 Å². The van der Waals surface area contributed by atoms with Crippen molar-refractivity contribution in [2.24, 2.45) is 5.73 Å². The molecule has 0 bridgehead atoms. The summed E-state index contributed by atoms with van der Waals surface area (Å²) in [6.45, 7) is -1.07. The Balaban J connectivity index is 2.09. The van der Waals surface area contributed by atoms with Gasteiger partial charge in [-0.1, -0.05) is 18.2 Å². The molecule has 0 saturated carbocycles. The quantitative estimate of drug-likeness (QED) is 0.456. The first-order valence-electron chi connectivity index (χ1n) is 8.68. The molecule has 0 aromatic heterocycles. The van der Waals surface area contributed by atoms with Crippen molar-refractivity contribution in [3.8, 4) is 5.75 Å². The SMILES string of the molecule is CS(=O)(=O)c1ccc([C@H](O)[C@@H](CF)NC(=O)C=Cc2ccc(O)c(C(N)=O)c2)cc1. The molecule has 2 aromatic rings. The standard InChI is InChI=1S/C20H21FN2O6S/c1-30(28,29)14-6-4-13(5-7-14)19(26)16(11-21)23-18(25)9-3-12-2-8-17(24)15(10-12)20(22)27/h2-10,16,19,24,26H,11H2,1H3,(H2,22,27)(H,23,25)/t16-,19+/m1/s1. The normalized spacial score (nSPS) is 13.7. The predicted molar refractivity (Wildman–Crippen MR) is 108 cm³/mol. The van der Waals surface area contributed by atoms with Gasteiger partial charge in [-0.05, 0) is 41.5 Å². The average molecular weight is 436 g/mol. The minimum Gasteiger partial charge on any atom is -0.507 e. The number of halogens is 1. The molecule has 8 nitrogen and oxygen atoms in total. The smallest absolute Gasteiger partial charge is 0.252 e. The highest BCUT2D eigenvalue weighted by Gasteiger charge is 2.22. The number of primary amides is 1. The Morgan fingerprint density at radius 3 is 2.37 bits per heavy atom. The van der Waals surface area contributed by atoms with Crippen molar-refractivity contribution in [3.63, 3.8) is 0 Å². The molecule has 0 unspecified atom stereocenters. The van der Waals surface area contributed by atoms with E-state index < -0.39 is 40.5 Å². The van der Waals surface area contributed by atoms with Crippen LogP contribution in [0.15, 0.2) is 53.4 Å². The van der Waals surface area contributed by atoms with Gasteiger partial charge >= 0.3 is 0 Å². The van der Waals surface area contributed by atoms with Crippen molar-refractivity contribution in [1.82, 2.24) is 5.32 Å². The number of sulfone groups is 1. The van der Waals surface area contributed by atoms with Gasteiger partial charge in [-0.15, -0.1) is 0 Å². The lowest BCUT2D eigenvalue weighted by molar-refractivity contribution is -0.118. The third kappa shape index (κ3) is 5.88. The topological polar surface area (TPSA) is 147 Å². The summed E-state index contributed by atoms with van der Waals surface area (Å²) in [4.78, 5) is 23.4. The van der Waals surface area contributed by atoms with Gasteiger partial charge < -0.3 is 21.3 Å². The number of hydrogen-bond acceptors (Lipinski definition) is 6. The molecule has 0 aliphatic heterocycles. The van der Waals surface area contributed by atoms with Crippen molar-refractivity contribution >= 4 is 27.7 Å². The van der Waals surface area contributed by atoms with Crippen LogP contribution in [0.1, 0.15) is 27.6 Å². The molecule has 30 heavy (non-hydrogen) atoms. The number of nitrogens with one attached hydrogen (secondary N) is 1. The molecule has 5 N–H and O–H groups in total. The lowest BCUT2D eigenvalue weighted by Gasteiger charge is -2.21. The first-order valence-corrected chi connectivity index (χ1v) is 10.6. The number of phenols is 1. The fraction of sp³-hybridized carbons (Fsp3) is 0.200. The Morgan fingerprint density at radius 1 is 1.20 bits per heavy atom. The van der Waals surface area contributed by atoms with Crippen molar-refractivity contribution < 1.29 is 32.6 Å². The van der Waals surface area contributed by atoms with Crippen LogP contribution in [0.3, 0.4) is 0 Å². The van der Waals surface area contributed by atoms with Crippen LogP contribution in [-0.2, 0) is 14.6 Å². The molecule has 0 spiro atoms. The lowest BCUT2D eigenvalue weighted by Crippen LogP contribution is -2.40. The molecule has 2 aromatic carbocycles. The molecule has 0 radical (unpaired) electrons. The van der Waals surface area contributed by atoms with E-state index in [1.165, 1.54) is 48.5 Å². The Kier molecular flexibility index (Phi) is 7.30. The number of alkyl halides is 1. The number of benzene rings is 2. The third-order valence-electron chi connectivity index (χ3n) is 4.24. The molecular formula is C20H21FN2O6S. The van der Waals surface area contributed by atoms with Gasteiger partial charge in [0.05, 0.1) is 16.5 Å². The Hall–Kier alpha value is -3.24. The molecule has 2 rings (SSSR count). The monoisotopic (exact) mass is 436 g/mol. The number of aliphatic hydroxyl groups is 1. The molecule has 2 atom stereocenters. The van der Waals surface area contributed by atoms with Crippen LogP contribution in [0.4, 0.5) is 4.39 Å². The van der Waals surface area contributed by atoms with Crippen LogP contribution in [-0.4, -0.2) is 49.4 Å². The summed E-state index contributed by atoms with van der Waals surface area (Å²) in [5.74, 6) is -1.85. The number of rotatable bonds is 8. The van der Waals surface area contributed by atoms with E-state index in [0.717, 1.165) is 12.3 Å². The summed E-state index contributed by atoms with van der Waals surface area (Å²) in [7, 11) is -3.41. The second kappa shape index (κ2) is 9.51. The van der Waals surface area contributed by atoms with E-state index in [0.29, 0.717) is 5.56 Å². The highest BCUT2D eigenvalue weighted by atomic mass is 32.2. The van der Waals surface area contributed by atoms with Gasteiger partial charge in [0.1, 0.15) is 18.5 Å². The molecule has 0 heterocycles. The fourth-order valence-electron chi connectivity index (χ4n) is 2.60. The Morgan fingerprint density at radius 2 is 1.83 bits per heavy atom. The van der Waals surface area contributed by atoms with E-state index in [2.05, 4.69) is 5.32 Å². The van der Waals surface area contributed by atoms with Crippen molar-refractivity contribution in [3.05, 3.63) is 65.2 Å². The third-order valence-corrected chi connectivity index (χ3v) is 5.37. The van der Waals surface area contributed by atoms with Crippen LogP contribution in [0.25, 0.3) is 6.08 Å². The predicted octanol–water partition coefficient (Wildman–Crippen LogP) is 1.10. The molecule has 10 heteroatoms. The van der Waals surface area contributed by atoms with E-state index in [1.54, 1.807) is 0 Å². The number of aromatic hydroxyl groups is 1. The van der Waals surface area contributed by atoms with Gasteiger partial charge in [0.15, 0.2) is 9.84 Å². The van der Waals surface area contributed by atoms with Crippen LogP contribution in [0, 0.1) is 0 Å². The molecular weight excluding hydrogens is 415 g/mol. The lowest BCUT2D eigenvalue weighted by atomic mass is 10.0. The zero-order chi connectivity index (χ0) is 22.5. The van der Waals surface area contributed by atoms with Crippen LogP contribution >= 0.6 is 0 Å². The molecule has 0 fully saturated rings. The second-order valence-corrected chi connectivity index (χ2v) is 8.55. The minimum atomic E-state index is -3.41. The maximum atomic E-state index is 13.4. The second-order valence-electron chi connectivity index (χ2n) is 6.53. The largest absolute Gasteiger partial charge is 0.507 e. The van der Waals surface area contributed by atoms with Crippen molar-refractivity contribution in [2.45, 2.75) is 17.0 Å². The zero-order valence-electron chi connectivity index (χ0n) is 15.9. The summed E-state index contributed by atoms with van der Waals surface area (Å²) in [5.41, 5.74) is 5.65. The van der Waals surface area contributed by atoms with Gasteiger partial charge in [0.25, 0.3) is 5.91 Å². The van der Waals surface area contributed by atoms with Crippen LogP contribution in [0.2, 0.25) is 0 Å². The van der Waals surface area contributed by atoms with Gasteiger partial charge in [0.2, 0.25) is 5.91 Å². The molecule has 0 saturated heterocycles. The van der Waals surface area contributed by atoms with Gasteiger partial charge in [0, 0.05) is 12.3 Å². The Labute approximate surface area is 172 Å². The van der Waals surface area contributed by atoms with E-state index in [9.17, 15) is 32.6 Å². The first-order chi connectivity index (χ1) is 14.0. The molecule has 2 amide bonds. The minimum absolute atomic E-state index is 0.0476. The first kappa shape index (κ1) is 23.0. The molecule has 0 aliphatic rings. The van der Waals surface area contributed by atoms with E-state index >= 15 is 0 Å². The van der Waals surface area contributed by atoms with Crippen LogP contribution in [0.5, 0.6) is 5.75 Å².